The van der Waals surface area contributed by atoms with E-state index < -0.39 is 0 Å². The van der Waals surface area contributed by atoms with E-state index in [4.69, 9.17) is 21.1 Å². The number of fused-ring (bicyclic) bond motifs is 3. The zero-order valence-electron chi connectivity index (χ0n) is 16.1. The molecule has 3 saturated heterocycles. The van der Waals surface area contributed by atoms with Crippen molar-refractivity contribution in [1.82, 2.24) is 10.2 Å². The van der Waals surface area contributed by atoms with Gasteiger partial charge >= 0.3 is 0 Å². The molecule has 0 saturated carbocycles. The Hall–Kier alpha value is -1.27. The monoisotopic (exact) mass is 464 g/mol. The van der Waals surface area contributed by atoms with Crippen molar-refractivity contribution in [2.24, 2.45) is 5.92 Å². The molecule has 3 fully saturated rings. The van der Waals surface area contributed by atoms with Crippen LogP contribution >= 0.6 is 27.5 Å². The number of methoxy groups -OCH3 is 1. The molecule has 3 aliphatic heterocycles. The topological polar surface area (TPSA) is 33.7 Å². The van der Waals surface area contributed by atoms with Gasteiger partial charge in [0.2, 0.25) is 0 Å². The van der Waals surface area contributed by atoms with E-state index in [1.165, 1.54) is 38.0 Å². The SMILES string of the molecule is COc1cc(CNC2CN3CCC2CC3)cc(Br)c1OCc1ccccc1Cl. The zero-order valence-corrected chi connectivity index (χ0v) is 18.4. The van der Waals surface area contributed by atoms with Crippen LogP contribution in [0, 0.1) is 5.92 Å². The molecule has 3 heterocycles. The molecule has 2 bridgehead atoms. The van der Waals surface area contributed by atoms with Gasteiger partial charge in [-0.15, -0.1) is 0 Å². The Morgan fingerprint density at radius 1 is 1.21 bits per heavy atom. The first-order chi connectivity index (χ1) is 13.6. The average molecular weight is 466 g/mol. The minimum absolute atomic E-state index is 0.395. The minimum Gasteiger partial charge on any atom is -0.493 e. The zero-order chi connectivity index (χ0) is 19.5. The molecule has 5 rings (SSSR count). The minimum atomic E-state index is 0.395. The first-order valence-electron chi connectivity index (χ1n) is 9.82. The van der Waals surface area contributed by atoms with E-state index in [0.29, 0.717) is 23.4 Å². The predicted molar refractivity (Wildman–Crippen MR) is 116 cm³/mol. The van der Waals surface area contributed by atoms with Crippen LogP contribution in [0.1, 0.15) is 24.0 Å². The first kappa shape index (κ1) is 20.0. The molecule has 0 aliphatic carbocycles. The fraction of sp³-hybridized carbons (Fsp3) is 0.455. The third kappa shape index (κ3) is 4.48. The molecular weight excluding hydrogens is 440 g/mol. The van der Waals surface area contributed by atoms with E-state index in [9.17, 15) is 0 Å². The summed E-state index contributed by atoms with van der Waals surface area (Å²) in [5.74, 6) is 2.25. The number of nitrogens with one attached hydrogen (secondary N) is 1. The maximum atomic E-state index is 6.24. The van der Waals surface area contributed by atoms with Gasteiger partial charge in [0.25, 0.3) is 0 Å². The van der Waals surface area contributed by atoms with E-state index in [2.05, 4.69) is 38.3 Å². The van der Waals surface area contributed by atoms with Crippen LogP contribution in [0.2, 0.25) is 5.02 Å². The van der Waals surface area contributed by atoms with Gasteiger partial charge in [-0.25, -0.2) is 0 Å². The van der Waals surface area contributed by atoms with Crippen molar-refractivity contribution in [2.75, 3.05) is 26.7 Å². The molecule has 0 amide bonds. The molecule has 6 heteroatoms. The van der Waals surface area contributed by atoms with Crippen LogP contribution in [-0.2, 0) is 13.2 Å². The lowest BCUT2D eigenvalue weighted by Gasteiger charge is -2.45. The van der Waals surface area contributed by atoms with Gasteiger partial charge in [-0.1, -0.05) is 29.8 Å². The van der Waals surface area contributed by atoms with Gasteiger partial charge in [0.05, 0.1) is 11.6 Å². The molecule has 3 aliphatic rings. The second-order valence-corrected chi connectivity index (χ2v) is 8.88. The second kappa shape index (κ2) is 9.04. The van der Waals surface area contributed by atoms with E-state index in [1.807, 2.05) is 24.3 Å². The summed E-state index contributed by atoms with van der Waals surface area (Å²) in [4.78, 5) is 2.57. The molecule has 0 aromatic heterocycles. The van der Waals surface area contributed by atoms with Crippen LogP contribution in [-0.4, -0.2) is 37.7 Å². The van der Waals surface area contributed by atoms with Gasteiger partial charge in [-0.05, 0) is 71.5 Å². The summed E-state index contributed by atoms with van der Waals surface area (Å²) < 4.78 is 12.5. The second-order valence-electron chi connectivity index (χ2n) is 7.61. The summed E-state index contributed by atoms with van der Waals surface area (Å²) >= 11 is 9.89. The summed E-state index contributed by atoms with van der Waals surface area (Å²) in [6.07, 6.45) is 2.64. The van der Waals surface area contributed by atoms with Gasteiger partial charge < -0.3 is 19.7 Å². The van der Waals surface area contributed by atoms with E-state index >= 15 is 0 Å². The van der Waals surface area contributed by atoms with Crippen molar-refractivity contribution in [1.29, 1.82) is 0 Å². The van der Waals surface area contributed by atoms with Gasteiger partial charge in [0.15, 0.2) is 11.5 Å². The van der Waals surface area contributed by atoms with Gasteiger partial charge in [-0.2, -0.15) is 0 Å². The lowest BCUT2D eigenvalue weighted by molar-refractivity contribution is 0.0720. The standard InChI is InChI=1S/C22H26BrClN2O2/c1-27-21-11-15(12-25-20-13-26-8-6-16(20)7-9-26)10-18(23)22(21)28-14-17-4-2-3-5-19(17)24/h2-5,10-11,16,20,25H,6-9,12-14H2,1H3. The molecule has 1 unspecified atom stereocenters. The molecule has 0 radical (unpaired) electrons. The Morgan fingerprint density at radius 3 is 2.68 bits per heavy atom. The summed E-state index contributed by atoms with van der Waals surface area (Å²) in [6, 6.07) is 12.5. The Labute approximate surface area is 180 Å². The molecular formula is C22H26BrClN2O2. The Bertz CT molecular complexity index is 824. The van der Waals surface area contributed by atoms with Crippen LogP contribution in [0.15, 0.2) is 40.9 Å². The van der Waals surface area contributed by atoms with Crippen LogP contribution in [0.25, 0.3) is 0 Å². The number of halogens is 2. The highest BCUT2D eigenvalue weighted by molar-refractivity contribution is 9.10. The molecule has 1 atom stereocenters. The van der Waals surface area contributed by atoms with Gasteiger partial charge in [0.1, 0.15) is 6.61 Å². The maximum absolute atomic E-state index is 6.24. The molecule has 4 nitrogen and oxygen atoms in total. The van der Waals surface area contributed by atoms with E-state index in [0.717, 1.165) is 28.2 Å². The fourth-order valence-electron chi connectivity index (χ4n) is 4.23. The largest absolute Gasteiger partial charge is 0.493 e. The molecule has 150 valence electrons. The Kier molecular flexibility index (Phi) is 6.46. The summed E-state index contributed by atoms with van der Waals surface area (Å²) in [5.41, 5.74) is 2.14. The van der Waals surface area contributed by atoms with Crippen molar-refractivity contribution in [2.45, 2.75) is 32.0 Å². The molecule has 0 spiro atoms. The van der Waals surface area contributed by atoms with Crippen molar-refractivity contribution in [3.8, 4) is 11.5 Å². The normalized spacial score (nSPS) is 23.6. The third-order valence-corrected chi connectivity index (χ3v) is 6.80. The number of hydrogen-bond acceptors (Lipinski definition) is 4. The average Bonchev–Trinajstić information content (AvgIpc) is 2.73. The van der Waals surface area contributed by atoms with Crippen LogP contribution in [0.3, 0.4) is 0 Å². The number of hydrogen-bond donors (Lipinski definition) is 1. The van der Waals surface area contributed by atoms with Gasteiger partial charge in [-0.3, -0.25) is 0 Å². The highest BCUT2D eigenvalue weighted by atomic mass is 79.9. The first-order valence-corrected chi connectivity index (χ1v) is 11.0. The highest BCUT2D eigenvalue weighted by Crippen LogP contribution is 2.38. The van der Waals surface area contributed by atoms with Crippen LogP contribution in [0.4, 0.5) is 0 Å². The number of ether oxygens (including phenoxy) is 2. The molecule has 2 aromatic carbocycles. The number of nitrogens with zero attached hydrogens (tertiary/aromatic N) is 1. The Morgan fingerprint density at radius 2 is 2.00 bits per heavy atom. The van der Waals surface area contributed by atoms with Crippen molar-refractivity contribution in [3.05, 3.63) is 57.0 Å². The fourth-order valence-corrected chi connectivity index (χ4v) is 5.02. The number of rotatable bonds is 7. The quantitative estimate of drug-likeness (QED) is 0.632. The predicted octanol–water partition coefficient (Wildman–Crippen LogP) is 4.87. The van der Waals surface area contributed by atoms with E-state index in [-0.39, 0.29) is 0 Å². The molecule has 28 heavy (non-hydrogen) atoms. The lowest BCUT2D eigenvalue weighted by Crippen LogP contribution is -2.55. The lowest BCUT2D eigenvalue weighted by atomic mass is 9.84. The summed E-state index contributed by atoms with van der Waals surface area (Å²) in [5, 5.41) is 4.46. The summed E-state index contributed by atoms with van der Waals surface area (Å²) in [7, 11) is 1.68. The maximum Gasteiger partial charge on any atom is 0.175 e. The molecule has 2 aromatic rings. The van der Waals surface area contributed by atoms with Crippen molar-refractivity contribution >= 4 is 27.5 Å². The van der Waals surface area contributed by atoms with Crippen LogP contribution < -0.4 is 14.8 Å². The smallest absolute Gasteiger partial charge is 0.175 e. The van der Waals surface area contributed by atoms with Crippen molar-refractivity contribution < 1.29 is 9.47 Å². The highest BCUT2D eigenvalue weighted by Gasteiger charge is 2.33. The summed E-state index contributed by atoms with van der Waals surface area (Å²) in [6.45, 7) is 4.92. The van der Waals surface area contributed by atoms with Gasteiger partial charge in [0, 0.05) is 29.7 Å². The third-order valence-electron chi connectivity index (χ3n) is 5.84. The molecule has 1 N–H and O–H groups in total. The van der Waals surface area contributed by atoms with Crippen LogP contribution in [0.5, 0.6) is 11.5 Å². The van der Waals surface area contributed by atoms with Crippen molar-refractivity contribution in [3.63, 3.8) is 0 Å². The number of piperidine rings is 3. The number of benzene rings is 2. The van der Waals surface area contributed by atoms with E-state index in [1.54, 1.807) is 7.11 Å². The Balaban J connectivity index is 1.42.